The largest absolute Gasteiger partial charge is 0.506 e. The highest BCUT2D eigenvalue weighted by atomic mass is 31.1. The molecule has 0 bridgehead atoms. The van der Waals surface area contributed by atoms with Gasteiger partial charge in [0.1, 0.15) is 5.92 Å². The summed E-state index contributed by atoms with van der Waals surface area (Å²) in [5, 5.41) is 22.1. The van der Waals surface area contributed by atoms with Gasteiger partial charge in [0.2, 0.25) is 0 Å². The molecule has 0 radical (unpaired) electrons. The Morgan fingerprint density at radius 3 is 2.20 bits per heavy atom. The van der Waals surface area contributed by atoms with E-state index in [-0.39, 0.29) is 18.9 Å². The SMILES string of the molecule is CCNC(=O)Nc1ccccc1.O=C(O)CCC(C[P+](=O)O)C(=O)O. The fourth-order valence-electron chi connectivity index (χ4n) is 1.64. The van der Waals surface area contributed by atoms with Crippen LogP contribution in [0.4, 0.5) is 10.5 Å². The predicted octanol–water partition coefficient (Wildman–Crippen LogP) is 2.11. The average Bonchev–Trinajstić information content (AvgIpc) is 2.52. The van der Waals surface area contributed by atoms with E-state index >= 15 is 0 Å². The molecule has 1 rings (SSSR count). The van der Waals surface area contributed by atoms with Gasteiger partial charge in [-0.15, -0.1) is 0 Å². The lowest BCUT2D eigenvalue weighted by Crippen LogP contribution is -2.28. The minimum Gasteiger partial charge on any atom is -0.481 e. The molecule has 5 N–H and O–H groups in total. The van der Waals surface area contributed by atoms with Gasteiger partial charge < -0.3 is 20.8 Å². The molecule has 0 saturated carbocycles. The molecule has 0 fully saturated rings. The summed E-state index contributed by atoms with van der Waals surface area (Å²) in [7, 11) is -2.53. The molecule has 0 heterocycles. The van der Waals surface area contributed by atoms with Gasteiger partial charge in [0.25, 0.3) is 0 Å². The molecule has 0 aliphatic carbocycles. The number of urea groups is 1. The summed E-state index contributed by atoms with van der Waals surface area (Å²) in [6.45, 7) is 2.52. The summed E-state index contributed by atoms with van der Waals surface area (Å²) in [6.07, 6.45) is -0.815. The van der Waals surface area contributed by atoms with Crippen LogP contribution in [-0.4, -0.2) is 45.8 Å². The summed E-state index contributed by atoms with van der Waals surface area (Å²) in [5.41, 5.74) is 0.809. The standard InChI is InChI=1S/C9H12N2O.C6H9O6P/c1-2-10-9(12)11-8-6-4-3-5-7-8;7-5(8)2-1-4(6(9)10)3-13(11)12/h3-7H,2H2,1H3,(H2,10,11,12);4H,1-3H2,(H2-,7,8,9,10,11,12)/p+1. The first-order valence-electron chi connectivity index (χ1n) is 7.44. The van der Waals surface area contributed by atoms with Gasteiger partial charge in [0.15, 0.2) is 6.16 Å². The number of carbonyl (C=O) groups excluding carboxylic acids is 1. The van der Waals surface area contributed by atoms with Crippen LogP contribution >= 0.6 is 8.03 Å². The van der Waals surface area contributed by atoms with Crippen LogP contribution in [0.2, 0.25) is 0 Å². The minimum atomic E-state index is -2.53. The normalized spacial score (nSPS) is 11.4. The Morgan fingerprint density at radius 1 is 1.16 bits per heavy atom. The Kier molecular flexibility index (Phi) is 11.6. The quantitative estimate of drug-likeness (QED) is 0.437. The van der Waals surface area contributed by atoms with Crippen LogP contribution in [0.1, 0.15) is 19.8 Å². The zero-order valence-corrected chi connectivity index (χ0v) is 14.6. The molecule has 0 saturated heterocycles. The number of hydrogen-bond donors (Lipinski definition) is 5. The predicted molar refractivity (Wildman–Crippen MR) is 91.8 cm³/mol. The summed E-state index contributed by atoms with van der Waals surface area (Å²) in [6, 6.07) is 9.18. The zero-order chi connectivity index (χ0) is 19.2. The summed E-state index contributed by atoms with van der Waals surface area (Å²) < 4.78 is 10.3. The molecule has 0 aliphatic rings. The Balaban J connectivity index is 0.000000462. The second-order valence-electron chi connectivity index (χ2n) is 4.85. The van der Waals surface area contributed by atoms with E-state index in [0.29, 0.717) is 6.54 Å². The van der Waals surface area contributed by atoms with Gasteiger partial charge in [-0.1, -0.05) is 18.2 Å². The third kappa shape index (κ3) is 12.6. The van der Waals surface area contributed by atoms with Gasteiger partial charge >= 0.3 is 26.0 Å². The van der Waals surface area contributed by atoms with Crippen molar-refractivity contribution in [1.82, 2.24) is 5.32 Å². The molecule has 1 aromatic carbocycles. The highest BCUT2D eigenvalue weighted by molar-refractivity contribution is 7.38. The van der Waals surface area contributed by atoms with Crippen LogP contribution in [0, 0.1) is 5.92 Å². The molecular formula is C15H22N2O7P+. The molecule has 10 heteroatoms. The van der Waals surface area contributed by atoms with Crippen molar-refractivity contribution in [1.29, 1.82) is 0 Å². The molecule has 25 heavy (non-hydrogen) atoms. The number of carbonyl (C=O) groups is 3. The molecule has 9 nitrogen and oxygen atoms in total. The molecule has 2 atom stereocenters. The van der Waals surface area contributed by atoms with Crippen molar-refractivity contribution in [3.63, 3.8) is 0 Å². The number of carboxylic acid groups (broad SMARTS) is 2. The minimum absolute atomic E-state index is 0.119. The van der Waals surface area contributed by atoms with Gasteiger partial charge in [-0.25, -0.2) is 4.79 Å². The first-order valence-corrected chi connectivity index (χ1v) is 8.84. The number of amides is 2. The van der Waals surface area contributed by atoms with Crippen molar-refractivity contribution in [3.05, 3.63) is 30.3 Å². The molecule has 138 valence electrons. The number of aliphatic carboxylic acids is 2. The van der Waals surface area contributed by atoms with Crippen LogP contribution in [0.5, 0.6) is 0 Å². The lowest BCUT2D eigenvalue weighted by molar-refractivity contribution is -0.142. The number of rotatable bonds is 8. The molecule has 0 spiro atoms. The van der Waals surface area contributed by atoms with Gasteiger partial charge in [-0.3, -0.25) is 9.59 Å². The molecule has 2 unspecified atom stereocenters. The fourth-order valence-corrected chi connectivity index (χ4v) is 2.35. The Labute approximate surface area is 145 Å². The number of anilines is 1. The highest BCUT2D eigenvalue weighted by Crippen LogP contribution is 2.21. The Hall–Kier alpha value is -2.51. The first kappa shape index (κ1) is 22.5. The maximum absolute atomic E-state index is 11.0. The van der Waals surface area contributed by atoms with Gasteiger partial charge in [0.05, 0.1) is 0 Å². The van der Waals surface area contributed by atoms with E-state index in [1.165, 1.54) is 0 Å². The summed E-state index contributed by atoms with van der Waals surface area (Å²) in [4.78, 5) is 39.9. The number of para-hydroxylation sites is 1. The number of nitrogens with one attached hydrogen (secondary N) is 2. The second-order valence-corrected chi connectivity index (χ2v) is 5.92. The van der Waals surface area contributed by atoms with Gasteiger partial charge in [-0.05, 0) is 30.0 Å². The number of carboxylic acids is 2. The maximum Gasteiger partial charge on any atom is 0.506 e. The van der Waals surface area contributed by atoms with E-state index < -0.39 is 32.0 Å². The van der Waals surface area contributed by atoms with Gasteiger partial charge in [-0.2, -0.15) is 4.89 Å². The lowest BCUT2D eigenvalue weighted by atomic mass is 10.1. The number of hydrogen-bond acceptors (Lipinski definition) is 4. The average molecular weight is 373 g/mol. The topological polar surface area (TPSA) is 153 Å². The van der Waals surface area contributed by atoms with E-state index in [1.54, 1.807) is 0 Å². The van der Waals surface area contributed by atoms with Crippen LogP contribution in [-0.2, 0) is 14.2 Å². The number of benzene rings is 1. The van der Waals surface area contributed by atoms with E-state index in [4.69, 9.17) is 15.1 Å². The summed E-state index contributed by atoms with van der Waals surface area (Å²) >= 11 is 0. The van der Waals surface area contributed by atoms with Crippen LogP contribution < -0.4 is 10.6 Å². The first-order chi connectivity index (χ1) is 11.8. The maximum atomic E-state index is 11.0. The summed E-state index contributed by atoms with van der Waals surface area (Å²) in [5.74, 6) is -3.40. The van der Waals surface area contributed by atoms with Crippen LogP contribution in [0.25, 0.3) is 0 Å². The Bertz CT molecular complexity index is 581. The molecule has 2 amide bonds. The smallest absolute Gasteiger partial charge is 0.481 e. The highest BCUT2D eigenvalue weighted by Gasteiger charge is 2.28. The van der Waals surface area contributed by atoms with Gasteiger partial charge in [0, 0.05) is 18.7 Å². The van der Waals surface area contributed by atoms with E-state index in [9.17, 15) is 18.9 Å². The molecule has 0 aromatic heterocycles. The van der Waals surface area contributed by atoms with Crippen molar-refractivity contribution in [2.45, 2.75) is 19.8 Å². The third-order valence-electron chi connectivity index (χ3n) is 2.80. The zero-order valence-electron chi connectivity index (χ0n) is 13.7. The lowest BCUT2D eigenvalue weighted by Gasteiger charge is -2.04. The van der Waals surface area contributed by atoms with E-state index in [2.05, 4.69) is 10.6 Å². The fraction of sp³-hybridized carbons (Fsp3) is 0.400. The monoisotopic (exact) mass is 373 g/mol. The van der Waals surface area contributed by atoms with Crippen molar-refractivity contribution in [2.24, 2.45) is 5.92 Å². The third-order valence-corrected chi connectivity index (χ3v) is 3.55. The van der Waals surface area contributed by atoms with Crippen LogP contribution in [0.15, 0.2) is 30.3 Å². The molecular weight excluding hydrogens is 351 g/mol. The molecule has 0 aliphatic heterocycles. The van der Waals surface area contributed by atoms with Crippen molar-refractivity contribution < 1.29 is 34.1 Å². The van der Waals surface area contributed by atoms with Crippen molar-refractivity contribution >= 4 is 31.7 Å². The molecule has 1 aromatic rings. The van der Waals surface area contributed by atoms with E-state index in [0.717, 1.165) is 5.69 Å². The van der Waals surface area contributed by atoms with E-state index in [1.807, 2.05) is 37.3 Å². The van der Waals surface area contributed by atoms with Crippen molar-refractivity contribution in [2.75, 3.05) is 18.0 Å². The second kappa shape index (κ2) is 12.9. The Morgan fingerprint density at radius 2 is 1.76 bits per heavy atom. The van der Waals surface area contributed by atoms with Crippen molar-refractivity contribution in [3.8, 4) is 0 Å². The van der Waals surface area contributed by atoms with Crippen LogP contribution in [0.3, 0.4) is 0 Å².